The second kappa shape index (κ2) is 8.61. The molecule has 1 atom stereocenters. The number of nitrogens with zero attached hydrogens (tertiary/aromatic N) is 3. The van der Waals surface area contributed by atoms with E-state index in [9.17, 15) is 4.79 Å². The van der Waals surface area contributed by atoms with Crippen molar-refractivity contribution in [1.82, 2.24) is 15.1 Å². The van der Waals surface area contributed by atoms with E-state index in [4.69, 9.17) is 4.74 Å². The Balaban J connectivity index is 1.43. The normalized spacial score (nSPS) is 16.6. The van der Waals surface area contributed by atoms with Gasteiger partial charge in [-0.25, -0.2) is 0 Å². The van der Waals surface area contributed by atoms with Crippen LogP contribution in [0.5, 0.6) is 5.75 Å². The molecule has 156 valence electrons. The summed E-state index contributed by atoms with van der Waals surface area (Å²) in [5.41, 5.74) is 4.70. The number of anilines is 1. The van der Waals surface area contributed by atoms with Gasteiger partial charge in [-0.2, -0.15) is 5.10 Å². The van der Waals surface area contributed by atoms with Crippen LogP contribution in [0.15, 0.2) is 54.6 Å². The van der Waals surface area contributed by atoms with E-state index in [1.165, 1.54) is 11.3 Å². The van der Waals surface area contributed by atoms with Gasteiger partial charge in [0, 0.05) is 36.9 Å². The van der Waals surface area contributed by atoms with E-state index in [0.29, 0.717) is 25.4 Å². The third kappa shape index (κ3) is 4.17. The number of aryl methyl sites for hydroxylation is 1. The zero-order valence-corrected chi connectivity index (χ0v) is 17.8. The Labute approximate surface area is 177 Å². The minimum Gasteiger partial charge on any atom is -0.494 e. The number of ether oxygens (including phenoxy) is 1. The van der Waals surface area contributed by atoms with Crippen molar-refractivity contribution in [3.63, 3.8) is 0 Å². The first kappa shape index (κ1) is 20.0. The summed E-state index contributed by atoms with van der Waals surface area (Å²) in [6.45, 7) is 9.06. The molecule has 30 heavy (non-hydrogen) atoms. The summed E-state index contributed by atoms with van der Waals surface area (Å²) in [7, 11) is 0. The predicted octanol–water partition coefficient (Wildman–Crippen LogP) is 4.13. The Morgan fingerprint density at radius 1 is 1.17 bits per heavy atom. The van der Waals surface area contributed by atoms with Gasteiger partial charge in [0.25, 0.3) is 5.91 Å². The van der Waals surface area contributed by atoms with Crippen molar-refractivity contribution in [1.29, 1.82) is 0 Å². The first-order valence-corrected chi connectivity index (χ1v) is 10.5. The highest BCUT2D eigenvalue weighted by Gasteiger charge is 2.28. The number of H-pyrrole nitrogens is 1. The van der Waals surface area contributed by atoms with Crippen LogP contribution in [-0.4, -0.2) is 53.3 Å². The van der Waals surface area contributed by atoms with Crippen molar-refractivity contribution in [2.45, 2.75) is 26.8 Å². The zero-order chi connectivity index (χ0) is 21.1. The van der Waals surface area contributed by atoms with Gasteiger partial charge in [-0.3, -0.25) is 9.89 Å². The largest absolute Gasteiger partial charge is 0.494 e. The fourth-order valence-corrected chi connectivity index (χ4v) is 3.97. The first-order chi connectivity index (χ1) is 14.5. The van der Waals surface area contributed by atoms with E-state index in [1.54, 1.807) is 0 Å². The van der Waals surface area contributed by atoms with E-state index >= 15 is 0 Å². The second-order valence-electron chi connectivity index (χ2n) is 7.76. The molecule has 3 aromatic rings. The molecule has 0 radical (unpaired) electrons. The van der Waals surface area contributed by atoms with E-state index < -0.39 is 0 Å². The molecule has 0 bridgehead atoms. The molecule has 6 heteroatoms. The lowest BCUT2D eigenvalue weighted by atomic mass is 10.1. The van der Waals surface area contributed by atoms with Crippen LogP contribution in [-0.2, 0) is 0 Å². The van der Waals surface area contributed by atoms with Gasteiger partial charge in [-0.1, -0.05) is 12.1 Å². The lowest BCUT2D eigenvalue weighted by molar-refractivity contribution is 0.0720. The summed E-state index contributed by atoms with van der Waals surface area (Å²) in [5, 5.41) is 7.27. The number of aromatic nitrogens is 2. The average molecular weight is 405 g/mol. The van der Waals surface area contributed by atoms with Crippen LogP contribution in [0.2, 0.25) is 0 Å². The molecule has 4 rings (SSSR count). The molecule has 1 saturated heterocycles. The van der Waals surface area contributed by atoms with E-state index in [-0.39, 0.29) is 11.9 Å². The number of amides is 1. The topological polar surface area (TPSA) is 61.5 Å². The number of hydrogen-bond donors (Lipinski definition) is 1. The highest BCUT2D eigenvalue weighted by atomic mass is 16.5. The first-order valence-electron chi connectivity index (χ1n) is 10.5. The molecule has 0 unspecified atom stereocenters. The van der Waals surface area contributed by atoms with E-state index in [0.717, 1.165) is 23.6 Å². The highest BCUT2D eigenvalue weighted by Crippen LogP contribution is 2.24. The molecule has 1 aliphatic rings. The number of carbonyl (C=O) groups is 1. The fraction of sp³-hybridized carbons (Fsp3) is 0.333. The zero-order valence-electron chi connectivity index (χ0n) is 17.8. The minimum absolute atomic E-state index is 0.00423. The fourth-order valence-electron chi connectivity index (χ4n) is 3.97. The molecule has 2 aromatic carbocycles. The molecule has 1 fully saturated rings. The Morgan fingerprint density at radius 3 is 2.67 bits per heavy atom. The maximum absolute atomic E-state index is 13.0. The van der Waals surface area contributed by atoms with Gasteiger partial charge in [-0.15, -0.1) is 0 Å². The summed E-state index contributed by atoms with van der Waals surface area (Å²) in [5.74, 6) is 0.823. The van der Waals surface area contributed by atoms with Crippen LogP contribution in [0.4, 0.5) is 5.69 Å². The highest BCUT2D eigenvalue weighted by molar-refractivity contribution is 5.93. The van der Waals surface area contributed by atoms with Crippen LogP contribution in [0.1, 0.15) is 29.9 Å². The standard InChI is InChI=1S/C24H28N4O2/c1-4-30-21-10-8-19(9-11-21)22-15-23(26-25-22)24(29)27-12-13-28(18(3)16-27)20-7-5-6-17(2)14-20/h5-11,14-15,18H,4,12-13,16H2,1-3H3,(H,25,26)/t18-/m0/s1. The molecule has 0 aliphatic carbocycles. The second-order valence-corrected chi connectivity index (χ2v) is 7.76. The number of rotatable bonds is 5. The number of carbonyl (C=O) groups excluding carboxylic acids is 1. The quantitative estimate of drug-likeness (QED) is 0.694. The summed E-state index contributed by atoms with van der Waals surface area (Å²) in [4.78, 5) is 17.3. The summed E-state index contributed by atoms with van der Waals surface area (Å²) < 4.78 is 5.48. The number of benzene rings is 2. The summed E-state index contributed by atoms with van der Waals surface area (Å²) >= 11 is 0. The van der Waals surface area contributed by atoms with Gasteiger partial charge in [0.15, 0.2) is 0 Å². The van der Waals surface area contributed by atoms with Crippen LogP contribution in [0.25, 0.3) is 11.3 Å². The molecule has 6 nitrogen and oxygen atoms in total. The van der Waals surface area contributed by atoms with Crippen molar-refractivity contribution in [2.75, 3.05) is 31.1 Å². The molecule has 1 aromatic heterocycles. The van der Waals surface area contributed by atoms with Crippen molar-refractivity contribution < 1.29 is 9.53 Å². The van der Waals surface area contributed by atoms with Crippen LogP contribution in [0.3, 0.4) is 0 Å². The smallest absolute Gasteiger partial charge is 0.272 e. The Hall–Kier alpha value is -3.28. The maximum atomic E-state index is 13.0. The van der Waals surface area contributed by atoms with Crippen LogP contribution in [0, 0.1) is 6.92 Å². The molecular formula is C24H28N4O2. The van der Waals surface area contributed by atoms with E-state index in [2.05, 4.69) is 53.2 Å². The summed E-state index contributed by atoms with van der Waals surface area (Å²) in [6.07, 6.45) is 0. The molecule has 0 spiro atoms. The van der Waals surface area contributed by atoms with Gasteiger partial charge >= 0.3 is 0 Å². The van der Waals surface area contributed by atoms with E-state index in [1.807, 2.05) is 42.2 Å². The number of hydrogen-bond acceptors (Lipinski definition) is 4. The maximum Gasteiger partial charge on any atom is 0.272 e. The average Bonchev–Trinajstić information content (AvgIpc) is 3.24. The van der Waals surface area contributed by atoms with Crippen molar-refractivity contribution in [3.8, 4) is 17.0 Å². The van der Waals surface area contributed by atoms with Gasteiger partial charge in [0.05, 0.1) is 12.3 Å². The number of piperazine rings is 1. The molecule has 1 N–H and O–H groups in total. The Morgan fingerprint density at radius 2 is 1.97 bits per heavy atom. The molecule has 1 aliphatic heterocycles. The van der Waals surface area contributed by atoms with Gasteiger partial charge in [0.2, 0.25) is 0 Å². The third-order valence-electron chi connectivity index (χ3n) is 5.52. The Kier molecular flexibility index (Phi) is 5.74. The summed E-state index contributed by atoms with van der Waals surface area (Å²) in [6, 6.07) is 18.4. The van der Waals surface area contributed by atoms with Crippen LogP contribution < -0.4 is 9.64 Å². The Bertz CT molecular complexity index is 1010. The van der Waals surface area contributed by atoms with Crippen molar-refractivity contribution >= 4 is 11.6 Å². The van der Waals surface area contributed by atoms with Gasteiger partial charge < -0.3 is 14.5 Å². The third-order valence-corrected chi connectivity index (χ3v) is 5.52. The monoisotopic (exact) mass is 404 g/mol. The van der Waals surface area contributed by atoms with Crippen molar-refractivity contribution in [2.24, 2.45) is 0 Å². The number of aromatic amines is 1. The molecular weight excluding hydrogens is 376 g/mol. The minimum atomic E-state index is -0.00423. The predicted molar refractivity (Wildman–Crippen MR) is 119 cm³/mol. The molecule has 0 saturated carbocycles. The van der Waals surface area contributed by atoms with Crippen molar-refractivity contribution in [3.05, 3.63) is 65.9 Å². The lowest BCUT2D eigenvalue weighted by Crippen LogP contribution is -2.53. The molecule has 2 heterocycles. The number of nitrogens with one attached hydrogen (secondary N) is 1. The lowest BCUT2D eigenvalue weighted by Gasteiger charge is -2.41. The van der Waals surface area contributed by atoms with Crippen LogP contribution >= 0.6 is 0 Å². The SMILES string of the molecule is CCOc1ccc(-c2cc(C(=O)N3CCN(c4cccc(C)c4)[C@@H](C)C3)[nH]n2)cc1. The molecule has 1 amide bonds. The van der Waals surface area contributed by atoms with Gasteiger partial charge in [-0.05, 0) is 68.8 Å². The van der Waals surface area contributed by atoms with Gasteiger partial charge in [0.1, 0.15) is 11.4 Å².